The Morgan fingerprint density at radius 1 is 0.750 bits per heavy atom. The molecule has 0 bridgehead atoms. The first-order chi connectivity index (χ1) is 17.7. The number of alkyl carbamates (subject to hydrolysis) is 1. The highest BCUT2D eigenvalue weighted by Gasteiger charge is 2.00. The van der Waals surface area contributed by atoms with E-state index in [1.54, 1.807) is 0 Å². The Morgan fingerprint density at radius 2 is 1.28 bits per heavy atom. The lowest BCUT2D eigenvalue weighted by molar-refractivity contribution is 0.144. The molecule has 0 unspecified atom stereocenters. The number of unbranched alkanes of at least 4 members (excludes halogenated alkanes) is 6. The van der Waals surface area contributed by atoms with E-state index in [0.29, 0.717) is 6.61 Å². The zero-order chi connectivity index (χ0) is 26.5. The van der Waals surface area contributed by atoms with Crippen LogP contribution >= 0.6 is 15.9 Å². The van der Waals surface area contributed by atoms with Gasteiger partial charge in [-0.1, -0.05) is 129 Å². The topological polar surface area (TPSA) is 64.3 Å². The molecule has 0 aliphatic carbocycles. The molecule has 204 valence electrons. The number of hydrogen-bond acceptors (Lipinski definition) is 3. The third-order valence-electron chi connectivity index (χ3n) is 5.49. The van der Waals surface area contributed by atoms with Gasteiger partial charge in [0.15, 0.2) is 0 Å². The second-order valence-electron chi connectivity index (χ2n) is 8.84. The lowest BCUT2D eigenvalue weighted by Gasteiger charge is -2.06. The minimum Gasteiger partial charge on any atom is -0.450 e. The van der Waals surface area contributed by atoms with Crippen LogP contribution < -0.4 is 11.1 Å². The summed E-state index contributed by atoms with van der Waals surface area (Å²) in [5.74, 6) is 0. The summed E-state index contributed by atoms with van der Waals surface area (Å²) < 4.78 is 5.12. The normalized spacial score (nSPS) is 9.89. The van der Waals surface area contributed by atoms with Crippen LogP contribution in [0.15, 0.2) is 60.7 Å². The van der Waals surface area contributed by atoms with Crippen molar-refractivity contribution in [1.82, 2.24) is 5.32 Å². The van der Waals surface area contributed by atoms with E-state index in [0.717, 1.165) is 37.7 Å². The number of hydrogen-bond donors (Lipinski definition) is 2. The quantitative estimate of drug-likeness (QED) is 0.159. The fraction of sp³-hybridized carbons (Fsp3) is 0.581. The average molecular weight is 564 g/mol. The van der Waals surface area contributed by atoms with Gasteiger partial charge in [-0.05, 0) is 56.2 Å². The van der Waals surface area contributed by atoms with E-state index in [1.807, 2.05) is 18.2 Å². The number of nitrogens with two attached hydrogens (primary N) is 1. The molecule has 2 aromatic carbocycles. The lowest BCUT2D eigenvalue weighted by Crippen LogP contribution is -2.25. The van der Waals surface area contributed by atoms with E-state index >= 15 is 0 Å². The molecule has 1 amide bonds. The molecule has 0 saturated heterocycles. The molecule has 4 nitrogen and oxygen atoms in total. The maximum Gasteiger partial charge on any atom is 0.407 e. The molecule has 0 atom stereocenters. The summed E-state index contributed by atoms with van der Waals surface area (Å²) in [7, 11) is 0. The first kappa shape index (κ1) is 34.1. The third-order valence-corrected chi connectivity index (χ3v) is 6.05. The van der Waals surface area contributed by atoms with Crippen LogP contribution in [0.2, 0.25) is 0 Å². The van der Waals surface area contributed by atoms with Gasteiger partial charge in [0.1, 0.15) is 0 Å². The minimum absolute atomic E-state index is 0.287. The van der Waals surface area contributed by atoms with E-state index in [4.69, 9.17) is 10.5 Å². The Bertz CT molecular complexity index is 694. The Balaban J connectivity index is 0.000000598. The van der Waals surface area contributed by atoms with Crippen molar-refractivity contribution in [2.24, 2.45) is 5.73 Å². The third kappa shape index (κ3) is 23.9. The Morgan fingerprint density at radius 3 is 1.78 bits per heavy atom. The highest BCUT2D eigenvalue weighted by Crippen LogP contribution is 2.04. The fourth-order valence-electron chi connectivity index (χ4n) is 3.37. The van der Waals surface area contributed by atoms with Crippen molar-refractivity contribution in [1.29, 1.82) is 0 Å². The fourth-order valence-corrected chi connectivity index (χ4v) is 3.65. The van der Waals surface area contributed by atoms with Crippen LogP contribution in [0.3, 0.4) is 0 Å². The summed E-state index contributed by atoms with van der Waals surface area (Å²) in [4.78, 5) is 11.4. The van der Waals surface area contributed by atoms with Crippen LogP contribution in [0.5, 0.6) is 0 Å². The van der Waals surface area contributed by atoms with E-state index in [1.165, 1.54) is 68.9 Å². The highest BCUT2D eigenvalue weighted by molar-refractivity contribution is 9.09. The van der Waals surface area contributed by atoms with Gasteiger partial charge in [-0.3, -0.25) is 0 Å². The molecule has 0 heterocycles. The van der Waals surface area contributed by atoms with Crippen LogP contribution in [-0.2, 0) is 17.6 Å². The number of halogens is 1. The number of carbonyl (C=O) groups excluding carboxylic acids is 1. The van der Waals surface area contributed by atoms with Crippen molar-refractivity contribution >= 4 is 22.0 Å². The molecule has 0 aromatic heterocycles. The molecule has 0 aliphatic heterocycles. The summed E-state index contributed by atoms with van der Waals surface area (Å²) in [6, 6.07) is 20.8. The number of aryl methyl sites for hydroxylation is 2. The minimum atomic E-state index is -0.287. The molecule has 3 N–H and O–H groups in total. The summed E-state index contributed by atoms with van der Waals surface area (Å²) in [5, 5.41) is 3.88. The first-order valence-corrected chi connectivity index (χ1v) is 15.0. The van der Waals surface area contributed by atoms with Crippen molar-refractivity contribution in [3.05, 3.63) is 71.8 Å². The summed E-state index contributed by atoms with van der Waals surface area (Å²) in [6.07, 6.45) is 13.8. The van der Waals surface area contributed by atoms with Gasteiger partial charge in [0.05, 0.1) is 6.61 Å². The standard InChI is InChI=1S/C16H25NO2.C9H11Br.C6H15N/c1-2-3-4-8-13-17-16(18)19-14-9-12-15-10-6-5-7-11-15;10-8-4-7-9-5-2-1-3-6-9;1-2-3-4-5-6-7/h5-7,10-11H,2-4,8-9,12-14H2,1H3,(H,17,18);1-3,5-6H,4,7-8H2;2-7H2,1H3. The van der Waals surface area contributed by atoms with Gasteiger partial charge >= 0.3 is 6.09 Å². The number of benzene rings is 2. The molecule has 0 radical (unpaired) electrons. The Kier molecular flexibility index (Phi) is 26.3. The van der Waals surface area contributed by atoms with E-state index in [-0.39, 0.29) is 6.09 Å². The number of rotatable bonds is 16. The molecule has 5 heteroatoms. The maximum absolute atomic E-state index is 11.4. The van der Waals surface area contributed by atoms with Crippen LogP contribution in [0.1, 0.15) is 89.2 Å². The van der Waals surface area contributed by atoms with E-state index in [2.05, 4.69) is 77.6 Å². The Labute approximate surface area is 229 Å². The average Bonchev–Trinajstić information content (AvgIpc) is 2.92. The van der Waals surface area contributed by atoms with E-state index in [9.17, 15) is 4.79 Å². The second kappa shape index (κ2) is 27.7. The van der Waals surface area contributed by atoms with Crippen LogP contribution in [0.25, 0.3) is 0 Å². The smallest absolute Gasteiger partial charge is 0.407 e. The number of alkyl halides is 1. The number of carbonyl (C=O) groups is 1. The number of nitrogens with one attached hydrogen (secondary N) is 1. The predicted molar refractivity (Wildman–Crippen MR) is 160 cm³/mol. The molecular weight excluding hydrogens is 512 g/mol. The summed E-state index contributed by atoms with van der Waals surface area (Å²) in [6.45, 7) is 6.44. The molecule has 2 rings (SSSR count). The molecule has 36 heavy (non-hydrogen) atoms. The zero-order valence-corrected chi connectivity index (χ0v) is 24.4. The molecule has 0 aliphatic rings. The van der Waals surface area contributed by atoms with Crippen LogP contribution in [0.4, 0.5) is 4.79 Å². The van der Waals surface area contributed by atoms with Gasteiger partial charge in [0.25, 0.3) is 0 Å². The van der Waals surface area contributed by atoms with Crippen molar-refractivity contribution in [2.45, 2.75) is 90.9 Å². The molecule has 0 spiro atoms. The summed E-state index contributed by atoms with van der Waals surface area (Å²) in [5.41, 5.74) is 7.99. The van der Waals surface area contributed by atoms with Crippen molar-refractivity contribution in [2.75, 3.05) is 25.0 Å². The molecule has 0 saturated carbocycles. The van der Waals surface area contributed by atoms with Crippen molar-refractivity contribution in [3.63, 3.8) is 0 Å². The monoisotopic (exact) mass is 562 g/mol. The van der Waals surface area contributed by atoms with Gasteiger partial charge in [-0.15, -0.1) is 0 Å². The lowest BCUT2D eigenvalue weighted by atomic mass is 10.1. The van der Waals surface area contributed by atoms with Crippen LogP contribution in [-0.4, -0.2) is 31.1 Å². The van der Waals surface area contributed by atoms with Gasteiger partial charge < -0.3 is 15.8 Å². The van der Waals surface area contributed by atoms with Gasteiger partial charge in [-0.2, -0.15) is 0 Å². The van der Waals surface area contributed by atoms with Crippen molar-refractivity contribution < 1.29 is 9.53 Å². The van der Waals surface area contributed by atoms with Gasteiger partial charge in [0, 0.05) is 11.9 Å². The Hall–Kier alpha value is -1.85. The van der Waals surface area contributed by atoms with E-state index < -0.39 is 0 Å². The molecular formula is C31H51BrN2O2. The maximum atomic E-state index is 11.4. The van der Waals surface area contributed by atoms with Gasteiger partial charge in [-0.25, -0.2) is 4.79 Å². The zero-order valence-electron chi connectivity index (χ0n) is 22.9. The largest absolute Gasteiger partial charge is 0.450 e. The molecule has 2 aromatic rings. The summed E-state index contributed by atoms with van der Waals surface area (Å²) >= 11 is 3.41. The van der Waals surface area contributed by atoms with Gasteiger partial charge in [0.2, 0.25) is 0 Å². The SMILES string of the molecule is BrCCCc1ccccc1.CCCCCCN.CCCCCCNC(=O)OCCCc1ccccc1. The number of amides is 1. The predicted octanol–water partition coefficient (Wildman–Crippen LogP) is 8.47. The first-order valence-electron chi connectivity index (χ1n) is 13.9. The molecule has 0 fully saturated rings. The number of ether oxygens (including phenoxy) is 1. The second-order valence-corrected chi connectivity index (χ2v) is 9.63. The van der Waals surface area contributed by atoms with Crippen LogP contribution in [0, 0.1) is 0 Å². The highest BCUT2D eigenvalue weighted by atomic mass is 79.9. The van der Waals surface area contributed by atoms with Crippen molar-refractivity contribution in [3.8, 4) is 0 Å².